The van der Waals surface area contributed by atoms with Crippen LogP contribution in [0.5, 0.6) is 5.75 Å². The SMILES string of the molecule is CCCCN1C(=O)CC(C(=O)NCc2cccc(C(=O)N(C)C)c2)C1c1ccc(OC)cc1. The molecule has 2 atom stereocenters. The van der Waals surface area contributed by atoms with Gasteiger partial charge in [-0.3, -0.25) is 14.4 Å². The summed E-state index contributed by atoms with van der Waals surface area (Å²) < 4.78 is 5.26. The number of ether oxygens (including phenoxy) is 1. The number of unbranched alkanes of at least 4 members (excludes halogenated alkanes) is 1. The lowest BCUT2D eigenvalue weighted by Crippen LogP contribution is -2.36. The zero-order chi connectivity index (χ0) is 24.0. The molecule has 1 saturated heterocycles. The van der Waals surface area contributed by atoms with Crippen LogP contribution in [0.1, 0.15) is 53.7 Å². The molecule has 1 N–H and O–H groups in total. The van der Waals surface area contributed by atoms with Crippen LogP contribution in [-0.2, 0) is 16.1 Å². The van der Waals surface area contributed by atoms with Crippen LogP contribution in [-0.4, -0.2) is 55.3 Å². The first-order valence-corrected chi connectivity index (χ1v) is 11.4. The van der Waals surface area contributed by atoms with Gasteiger partial charge in [0.15, 0.2) is 0 Å². The van der Waals surface area contributed by atoms with Gasteiger partial charge >= 0.3 is 0 Å². The topological polar surface area (TPSA) is 79.0 Å². The second kappa shape index (κ2) is 11.0. The van der Waals surface area contributed by atoms with E-state index in [1.807, 2.05) is 41.3 Å². The largest absolute Gasteiger partial charge is 0.497 e. The third-order valence-corrected chi connectivity index (χ3v) is 6.03. The molecule has 0 aliphatic carbocycles. The molecule has 2 unspecified atom stereocenters. The molecule has 2 aromatic rings. The Kier molecular flexibility index (Phi) is 8.09. The second-order valence-electron chi connectivity index (χ2n) is 8.59. The number of amides is 3. The number of likely N-dealkylation sites (tertiary alicyclic amines) is 1. The molecule has 7 nitrogen and oxygen atoms in total. The summed E-state index contributed by atoms with van der Waals surface area (Å²) >= 11 is 0. The molecule has 3 rings (SSSR count). The quantitative estimate of drug-likeness (QED) is 0.634. The van der Waals surface area contributed by atoms with Gasteiger partial charge in [0.25, 0.3) is 5.91 Å². The first kappa shape index (κ1) is 24.3. The molecule has 1 aliphatic heterocycles. The number of nitrogens with one attached hydrogen (secondary N) is 1. The molecule has 0 radical (unpaired) electrons. The van der Waals surface area contributed by atoms with E-state index in [0.717, 1.165) is 29.7 Å². The number of carbonyl (C=O) groups is 3. The highest BCUT2D eigenvalue weighted by Crippen LogP contribution is 2.39. The predicted molar refractivity (Wildman–Crippen MR) is 127 cm³/mol. The van der Waals surface area contributed by atoms with Crippen LogP contribution in [0.4, 0.5) is 0 Å². The molecule has 7 heteroatoms. The Morgan fingerprint density at radius 2 is 1.88 bits per heavy atom. The minimum atomic E-state index is -0.477. The van der Waals surface area contributed by atoms with Gasteiger partial charge in [0.1, 0.15) is 5.75 Å². The third-order valence-electron chi connectivity index (χ3n) is 6.03. The highest BCUT2D eigenvalue weighted by atomic mass is 16.5. The van der Waals surface area contributed by atoms with E-state index in [2.05, 4.69) is 12.2 Å². The van der Waals surface area contributed by atoms with Crippen LogP contribution in [0.3, 0.4) is 0 Å². The number of carbonyl (C=O) groups excluding carboxylic acids is 3. The third kappa shape index (κ3) is 5.72. The monoisotopic (exact) mass is 451 g/mol. The van der Waals surface area contributed by atoms with Crippen molar-refractivity contribution >= 4 is 17.7 Å². The van der Waals surface area contributed by atoms with Gasteiger partial charge in [0.05, 0.1) is 19.1 Å². The van der Waals surface area contributed by atoms with E-state index in [1.165, 1.54) is 4.90 Å². The molecule has 176 valence electrons. The highest BCUT2D eigenvalue weighted by molar-refractivity contribution is 5.94. The maximum atomic E-state index is 13.2. The van der Waals surface area contributed by atoms with Gasteiger partial charge in [-0.1, -0.05) is 37.6 Å². The summed E-state index contributed by atoms with van der Waals surface area (Å²) in [5.74, 6) is 0.0110. The number of benzene rings is 2. The lowest BCUT2D eigenvalue weighted by Gasteiger charge is -2.28. The highest BCUT2D eigenvalue weighted by Gasteiger charge is 2.44. The Bertz CT molecular complexity index is 987. The van der Waals surface area contributed by atoms with Gasteiger partial charge in [-0.25, -0.2) is 0 Å². The fraction of sp³-hybridized carbons (Fsp3) is 0.423. The average molecular weight is 452 g/mol. The summed E-state index contributed by atoms with van der Waals surface area (Å²) in [6.07, 6.45) is 2.04. The van der Waals surface area contributed by atoms with E-state index >= 15 is 0 Å². The Labute approximate surface area is 195 Å². The molecule has 3 amide bonds. The summed E-state index contributed by atoms with van der Waals surface area (Å²) in [4.78, 5) is 41.7. The summed E-state index contributed by atoms with van der Waals surface area (Å²) in [6, 6.07) is 14.5. The standard InChI is InChI=1S/C26H33N3O4/c1-5-6-14-29-23(30)16-22(24(29)19-10-12-21(33-4)13-11-19)25(31)27-17-18-8-7-9-20(15-18)26(32)28(2)3/h7-13,15,22,24H,5-6,14,16-17H2,1-4H3,(H,27,31). The first-order chi connectivity index (χ1) is 15.8. The number of nitrogens with zero attached hydrogens (tertiary/aromatic N) is 2. The molecule has 33 heavy (non-hydrogen) atoms. The zero-order valence-electron chi connectivity index (χ0n) is 19.8. The normalized spacial score (nSPS) is 17.7. The molecule has 0 spiro atoms. The maximum Gasteiger partial charge on any atom is 0.253 e. The van der Waals surface area contributed by atoms with Crippen molar-refractivity contribution in [3.63, 3.8) is 0 Å². The Balaban J connectivity index is 1.77. The Morgan fingerprint density at radius 3 is 2.52 bits per heavy atom. The van der Waals surface area contributed by atoms with Crippen molar-refractivity contribution < 1.29 is 19.1 Å². The van der Waals surface area contributed by atoms with Crippen molar-refractivity contribution in [1.29, 1.82) is 0 Å². The molecule has 0 saturated carbocycles. The van der Waals surface area contributed by atoms with Crippen molar-refractivity contribution in [2.24, 2.45) is 5.92 Å². The first-order valence-electron chi connectivity index (χ1n) is 11.4. The minimum absolute atomic E-state index is 0.00277. The van der Waals surface area contributed by atoms with E-state index in [-0.39, 0.29) is 30.2 Å². The Morgan fingerprint density at radius 1 is 1.15 bits per heavy atom. The Hall–Kier alpha value is -3.35. The molecule has 1 fully saturated rings. The van der Waals surface area contributed by atoms with Gasteiger partial charge in [-0.15, -0.1) is 0 Å². The maximum absolute atomic E-state index is 13.2. The van der Waals surface area contributed by atoms with Gasteiger partial charge in [-0.05, 0) is 41.8 Å². The summed E-state index contributed by atoms with van der Waals surface area (Å²) in [5.41, 5.74) is 2.34. The number of hydrogen-bond donors (Lipinski definition) is 1. The van der Waals surface area contributed by atoms with E-state index in [4.69, 9.17) is 4.74 Å². The van der Waals surface area contributed by atoms with Crippen LogP contribution in [0.25, 0.3) is 0 Å². The van der Waals surface area contributed by atoms with E-state index in [0.29, 0.717) is 18.7 Å². The summed E-state index contributed by atoms with van der Waals surface area (Å²) in [6.45, 7) is 3.01. The lowest BCUT2D eigenvalue weighted by molar-refractivity contribution is -0.129. The smallest absolute Gasteiger partial charge is 0.253 e. The molecule has 2 aromatic carbocycles. The van der Waals surface area contributed by atoms with Gasteiger partial charge < -0.3 is 19.9 Å². The average Bonchev–Trinajstić information content (AvgIpc) is 3.16. The number of rotatable bonds is 9. The molecule has 0 aromatic heterocycles. The molecule has 1 aliphatic rings. The van der Waals surface area contributed by atoms with Crippen LogP contribution in [0.2, 0.25) is 0 Å². The molecule has 1 heterocycles. The lowest BCUT2D eigenvalue weighted by atomic mass is 9.92. The van der Waals surface area contributed by atoms with E-state index in [9.17, 15) is 14.4 Å². The van der Waals surface area contributed by atoms with Gasteiger partial charge in [-0.2, -0.15) is 0 Å². The van der Waals surface area contributed by atoms with Crippen LogP contribution >= 0.6 is 0 Å². The van der Waals surface area contributed by atoms with Crippen molar-refractivity contribution in [2.45, 2.75) is 38.8 Å². The van der Waals surface area contributed by atoms with Crippen molar-refractivity contribution in [1.82, 2.24) is 15.1 Å². The molecular formula is C26H33N3O4. The molecular weight excluding hydrogens is 418 g/mol. The summed E-state index contributed by atoms with van der Waals surface area (Å²) in [7, 11) is 5.02. The van der Waals surface area contributed by atoms with Crippen LogP contribution < -0.4 is 10.1 Å². The number of methoxy groups -OCH3 is 1. The van der Waals surface area contributed by atoms with Crippen LogP contribution in [0.15, 0.2) is 48.5 Å². The van der Waals surface area contributed by atoms with Crippen molar-refractivity contribution in [2.75, 3.05) is 27.7 Å². The van der Waals surface area contributed by atoms with Crippen molar-refractivity contribution in [3.05, 3.63) is 65.2 Å². The second-order valence-corrected chi connectivity index (χ2v) is 8.59. The fourth-order valence-electron chi connectivity index (χ4n) is 4.22. The zero-order valence-corrected chi connectivity index (χ0v) is 19.8. The summed E-state index contributed by atoms with van der Waals surface area (Å²) in [5, 5.41) is 2.99. The van der Waals surface area contributed by atoms with E-state index in [1.54, 1.807) is 33.3 Å². The fourth-order valence-corrected chi connectivity index (χ4v) is 4.22. The van der Waals surface area contributed by atoms with Gasteiger partial charge in [0.2, 0.25) is 11.8 Å². The predicted octanol–water partition coefficient (Wildman–Crippen LogP) is 3.40. The molecule has 0 bridgehead atoms. The minimum Gasteiger partial charge on any atom is -0.497 e. The van der Waals surface area contributed by atoms with Gasteiger partial charge in [0, 0.05) is 39.2 Å². The number of hydrogen-bond acceptors (Lipinski definition) is 4. The van der Waals surface area contributed by atoms with Crippen molar-refractivity contribution in [3.8, 4) is 5.75 Å². The van der Waals surface area contributed by atoms with E-state index < -0.39 is 5.92 Å². The van der Waals surface area contributed by atoms with Crippen LogP contribution in [0, 0.1) is 5.92 Å².